The summed E-state index contributed by atoms with van der Waals surface area (Å²) in [5.74, 6) is 0.764. The third kappa shape index (κ3) is 4.00. The van der Waals surface area contributed by atoms with Crippen LogP contribution >= 0.6 is 0 Å². The number of hydrogen-bond donors (Lipinski definition) is 0. The number of aryl methyl sites for hydroxylation is 1. The number of para-hydroxylation sites is 1. The molecule has 5 aromatic rings. The molecule has 8 nitrogen and oxygen atoms in total. The molecule has 1 aliphatic heterocycles. The molecule has 0 spiro atoms. The van der Waals surface area contributed by atoms with Crippen LogP contribution in [0.2, 0.25) is 0 Å². The Kier molecular flexibility index (Phi) is 5.66. The summed E-state index contributed by atoms with van der Waals surface area (Å²) in [5.41, 5.74) is 3.31. The fraction of sp³-hybridized carbons (Fsp3) is 0.222. The van der Waals surface area contributed by atoms with Gasteiger partial charge < -0.3 is 4.90 Å². The largest absolute Gasteiger partial charge is 0.353 e. The maximum Gasteiger partial charge on any atom is 0.229 e. The van der Waals surface area contributed by atoms with Gasteiger partial charge >= 0.3 is 0 Å². The van der Waals surface area contributed by atoms with E-state index in [-0.39, 0.29) is 15.6 Å². The van der Waals surface area contributed by atoms with E-state index in [1.807, 2.05) is 37.3 Å². The Labute approximate surface area is 209 Å². The van der Waals surface area contributed by atoms with Crippen molar-refractivity contribution >= 4 is 32.2 Å². The normalized spacial score (nSPS) is 15.1. The molecule has 2 aromatic heterocycles. The van der Waals surface area contributed by atoms with Crippen LogP contribution in [0.5, 0.6) is 0 Å². The third-order valence-corrected chi connectivity index (χ3v) is 8.37. The van der Waals surface area contributed by atoms with Crippen LogP contribution in [-0.4, -0.2) is 59.3 Å². The highest BCUT2D eigenvalue weighted by Crippen LogP contribution is 2.30. The van der Waals surface area contributed by atoms with E-state index in [9.17, 15) is 8.42 Å². The number of hydrogen-bond acceptors (Lipinski definition) is 7. The van der Waals surface area contributed by atoms with Crippen LogP contribution in [0.4, 0.5) is 5.82 Å². The molecule has 0 radical (unpaired) electrons. The molecular weight excluding hydrogens is 472 g/mol. The van der Waals surface area contributed by atoms with E-state index in [1.165, 1.54) is 10.1 Å². The minimum atomic E-state index is -3.88. The van der Waals surface area contributed by atoms with Crippen LogP contribution in [0.1, 0.15) is 11.1 Å². The predicted molar refractivity (Wildman–Crippen MR) is 139 cm³/mol. The van der Waals surface area contributed by atoms with Crippen LogP contribution in [-0.2, 0) is 16.4 Å². The molecule has 0 amide bonds. The second kappa shape index (κ2) is 9.00. The van der Waals surface area contributed by atoms with Gasteiger partial charge in [-0.2, -0.15) is 4.52 Å². The molecule has 0 unspecified atom stereocenters. The summed E-state index contributed by atoms with van der Waals surface area (Å²) >= 11 is 0. The molecule has 1 aliphatic rings. The van der Waals surface area contributed by atoms with E-state index in [4.69, 9.17) is 4.98 Å². The molecule has 9 heteroatoms. The lowest BCUT2D eigenvalue weighted by molar-refractivity contribution is 0.249. The van der Waals surface area contributed by atoms with Crippen LogP contribution in [0.25, 0.3) is 16.6 Å². The Morgan fingerprint density at radius 3 is 2.28 bits per heavy atom. The Hall–Kier alpha value is -3.82. The van der Waals surface area contributed by atoms with Gasteiger partial charge in [0.2, 0.25) is 14.9 Å². The first-order valence-corrected chi connectivity index (χ1v) is 13.5. The quantitative estimate of drug-likeness (QED) is 0.365. The lowest BCUT2D eigenvalue weighted by Crippen LogP contribution is -2.46. The monoisotopic (exact) mass is 498 g/mol. The maximum atomic E-state index is 13.5. The molecule has 0 N–H and O–H groups in total. The maximum absolute atomic E-state index is 13.5. The SMILES string of the molecule is Cc1ccc(S(=O)(=O)c2nnn3c2nc(N2CCN(Cc4ccccc4)CC2)c2ccccc23)cc1. The van der Waals surface area contributed by atoms with Gasteiger partial charge in [-0.05, 0) is 36.8 Å². The molecule has 3 aromatic carbocycles. The van der Waals surface area contributed by atoms with Crippen molar-refractivity contribution in [1.82, 2.24) is 24.7 Å². The van der Waals surface area contributed by atoms with Crippen molar-refractivity contribution in [2.24, 2.45) is 0 Å². The lowest BCUT2D eigenvalue weighted by Gasteiger charge is -2.36. The van der Waals surface area contributed by atoms with Crippen LogP contribution in [0.15, 0.2) is 88.8 Å². The number of fused-ring (bicyclic) bond motifs is 3. The highest BCUT2D eigenvalue weighted by Gasteiger charge is 2.28. The summed E-state index contributed by atoms with van der Waals surface area (Å²) in [6.45, 7) is 6.20. The number of sulfone groups is 1. The Morgan fingerprint density at radius 2 is 1.53 bits per heavy atom. The Morgan fingerprint density at radius 1 is 0.833 bits per heavy atom. The fourth-order valence-electron chi connectivity index (χ4n) is 4.73. The molecular formula is C27H26N6O2S. The van der Waals surface area contributed by atoms with E-state index in [1.54, 1.807) is 24.3 Å². The van der Waals surface area contributed by atoms with Crippen molar-refractivity contribution in [2.45, 2.75) is 23.4 Å². The number of benzene rings is 3. The second-order valence-electron chi connectivity index (χ2n) is 9.15. The van der Waals surface area contributed by atoms with Gasteiger partial charge in [0.15, 0.2) is 5.65 Å². The van der Waals surface area contributed by atoms with Gasteiger partial charge in [0.25, 0.3) is 0 Å². The minimum absolute atomic E-state index is 0.124. The first-order chi connectivity index (χ1) is 17.5. The molecule has 0 aliphatic carbocycles. The molecule has 1 saturated heterocycles. The van der Waals surface area contributed by atoms with E-state index < -0.39 is 9.84 Å². The lowest BCUT2D eigenvalue weighted by atomic mass is 10.2. The van der Waals surface area contributed by atoms with Crippen molar-refractivity contribution in [2.75, 3.05) is 31.1 Å². The first kappa shape index (κ1) is 22.6. The summed E-state index contributed by atoms with van der Waals surface area (Å²) in [5, 5.41) is 9.09. The smallest absolute Gasteiger partial charge is 0.229 e. The van der Waals surface area contributed by atoms with Gasteiger partial charge in [0, 0.05) is 38.1 Å². The predicted octanol–water partition coefficient (Wildman–Crippen LogP) is 3.74. The van der Waals surface area contributed by atoms with E-state index in [0.29, 0.717) is 0 Å². The Bertz CT molecular complexity index is 1640. The molecule has 182 valence electrons. The molecule has 0 saturated carbocycles. The fourth-order valence-corrected chi connectivity index (χ4v) is 5.97. The minimum Gasteiger partial charge on any atom is -0.353 e. The Balaban J connectivity index is 1.38. The van der Waals surface area contributed by atoms with Crippen LogP contribution in [0, 0.1) is 6.92 Å². The van der Waals surface area contributed by atoms with Crippen molar-refractivity contribution in [3.63, 3.8) is 0 Å². The number of rotatable bonds is 5. The van der Waals surface area contributed by atoms with E-state index in [0.717, 1.165) is 55.0 Å². The van der Waals surface area contributed by atoms with E-state index in [2.05, 4.69) is 44.4 Å². The molecule has 3 heterocycles. The summed E-state index contributed by atoms with van der Waals surface area (Å²) < 4.78 is 28.5. The zero-order valence-corrected chi connectivity index (χ0v) is 20.8. The van der Waals surface area contributed by atoms with Gasteiger partial charge in [0.05, 0.1) is 10.4 Å². The third-order valence-electron chi connectivity index (χ3n) is 6.71. The number of nitrogens with zero attached hydrogens (tertiary/aromatic N) is 6. The molecule has 1 fully saturated rings. The summed E-state index contributed by atoms with van der Waals surface area (Å²) in [6.07, 6.45) is 0. The average molecular weight is 499 g/mol. The summed E-state index contributed by atoms with van der Waals surface area (Å²) in [4.78, 5) is 9.72. The van der Waals surface area contributed by atoms with Gasteiger partial charge in [-0.1, -0.05) is 65.4 Å². The van der Waals surface area contributed by atoms with Crippen molar-refractivity contribution in [3.8, 4) is 0 Å². The molecule has 36 heavy (non-hydrogen) atoms. The first-order valence-electron chi connectivity index (χ1n) is 12.0. The van der Waals surface area contributed by atoms with Crippen molar-refractivity contribution in [3.05, 3.63) is 90.0 Å². The van der Waals surface area contributed by atoms with Gasteiger partial charge in [0.1, 0.15) is 5.82 Å². The standard InChI is InChI=1S/C27H26N6O2S/c1-20-11-13-22(14-12-20)36(34,35)27-26-28-25(23-9-5-6-10-24(23)33(26)30-29-27)32-17-15-31(16-18-32)19-21-7-3-2-4-8-21/h2-14H,15-19H2,1H3. The van der Waals surface area contributed by atoms with Gasteiger partial charge in [-0.25, -0.2) is 13.4 Å². The van der Waals surface area contributed by atoms with E-state index >= 15 is 0 Å². The summed E-state index contributed by atoms with van der Waals surface area (Å²) in [6, 6.07) is 25.0. The zero-order chi connectivity index (χ0) is 24.7. The summed E-state index contributed by atoms with van der Waals surface area (Å²) in [7, 11) is -3.88. The number of piperazine rings is 1. The molecule has 0 bridgehead atoms. The topological polar surface area (TPSA) is 83.7 Å². The second-order valence-corrected chi connectivity index (χ2v) is 11.0. The highest BCUT2D eigenvalue weighted by molar-refractivity contribution is 7.91. The number of aromatic nitrogens is 4. The van der Waals surface area contributed by atoms with Crippen LogP contribution < -0.4 is 4.90 Å². The van der Waals surface area contributed by atoms with Crippen molar-refractivity contribution in [1.29, 1.82) is 0 Å². The molecule has 6 rings (SSSR count). The van der Waals surface area contributed by atoms with Crippen LogP contribution in [0.3, 0.4) is 0 Å². The van der Waals surface area contributed by atoms with Gasteiger partial charge in [-0.3, -0.25) is 4.90 Å². The highest BCUT2D eigenvalue weighted by atomic mass is 32.2. The van der Waals surface area contributed by atoms with Gasteiger partial charge in [-0.15, -0.1) is 5.10 Å². The zero-order valence-electron chi connectivity index (χ0n) is 19.9. The van der Waals surface area contributed by atoms with Crippen molar-refractivity contribution < 1.29 is 8.42 Å². The molecule has 0 atom stereocenters. The number of anilines is 1. The average Bonchev–Trinajstić information content (AvgIpc) is 3.35.